The molecule has 0 atom stereocenters. The molecule has 0 radical (unpaired) electrons. The second-order valence-corrected chi connectivity index (χ2v) is 5.26. The lowest BCUT2D eigenvalue weighted by Gasteiger charge is -2.04. The van der Waals surface area contributed by atoms with E-state index >= 15 is 0 Å². The van der Waals surface area contributed by atoms with Crippen LogP contribution in [-0.2, 0) is 16.2 Å². The minimum atomic E-state index is -0.226. The second-order valence-electron chi connectivity index (χ2n) is 4.82. The molecule has 0 unspecified atom stereocenters. The lowest BCUT2D eigenvalue weighted by atomic mass is 10.2. The number of aryl methyl sites for hydroxylation is 1. The SMILES string of the molecule is Cc1ccc(/C=N\OCC(=O)NCc2ccc(Cl)cc2)cc1. The molecule has 0 aliphatic heterocycles. The minimum Gasteiger partial charge on any atom is -0.386 e. The number of carbonyl (C=O) groups excluding carboxylic acids is 1. The summed E-state index contributed by atoms with van der Waals surface area (Å²) in [6.45, 7) is 2.33. The van der Waals surface area contributed by atoms with Gasteiger partial charge in [-0.15, -0.1) is 0 Å². The van der Waals surface area contributed by atoms with Crippen molar-refractivity contribution in [2.24, 2.45) is 5.16 Å². The van der Waals surface area contributed by atoms with E-state index in [0.717, 1.165) is 11.1 Å². The first kappa shape index (κ1) is 16.0. The number of nitrogens with zero attached hydrogens (tertiary/aromatic N) is 1. The summed E-state index contributed by atoms with van der Waals surface area (Å²) in [5.41, 5.74) is 3.08. The zero-order valence-electron chi connectivity index (χ0n) is 12.3. The Morgan fingerprint density at radius 1 is 1.18 bits per heavy atom. The first-order valence-electron chi connectivity index (χ1n) is 6.86. The normalized spacial score (nSPS) is 10.6. The highest BCUT2D eigenvalue weighted by atomic mass is 35.5. The molecule has 0 bridgehead atoms. The van der Waals surface area contributed by atoms with Crippen molar-refractivity contribution in [2.75, 3.05) is 6.61 Å². The topological polar surface area (TPSA) is 50.7 Å². The van der Waals surface area contributed by atoms with Gasteiger partial charge in [-0.3, -0.25) is 4.79 Å². The van der Waals surface area contributed by atoms with Gasteiger partial charge in [0.1, 0.15) is 0 Å². The summed E-state index contributed by atoms with van der Waals surface area (Å²) in [5.74, 6) is -0.226. The highest BCUT2D eigenvalue weighted by Gasteiger charge is 2.01. The molecule has 4 nitrogen and oxygen atoms in total. The van der Waals surface area contributed by atoms with Crippen LogP contribution >= 0.6 is 11.6 Å². The van der Waals surface area contributed by atoms with Crippen LogP contribution in [0, 0.1) is 6.92 Å². The maximum absolute atomic E-state index is 11.6. The van der Waals surface area contributed by atoms with Gasteiger partial charge < -0.3 is 10.2 Å². The molecule has 114 valence electrons. The highest BCUT2D eigenvalue weighted by Crippen LogP contribution is 2.09. The van der Waals surface area contributed by atoms with E-state index in [0.29, 0.717) is 11.6 Å². The lowest BCUT2D eigenvalue weighted by molar-refractivity contribution is -0.125. The molecule has 0 aliphatic rings. The molecule has 1 amide bonds. The number of amides is 1. The largest absolute Gasteiger partial charge is 0.386 e. The Morgan fingerprint density at radius 2 is 1.86 bits per heavy atom. The van der Waals surface area contributed by atoms with E-state index in [1.54, 1.807) is 18.3 Å². The van der Waals surface area contributed by atoms with Crippen LogP contribution in [0.1, 0.15) is 16.7 Å². The van der Waals surface area contributed by atoms with Gasteiger partial charge in [0.15, 0.2) is 6.61 Å². The molecule has 0 aromatic heterocycles. The molecule has 1 N–H and O–H groups in total. The highest BCUT2D eigenvalue weighted by molar-refractivity contribution is 6.30. The number of carbonyl (C=O) groups is 1. The molecule has 2 aromatic rings. The van der Waals surface area contributed by atoms with E-state index < -0.39 is 0 Å². The number of hydrogen-bond donors (Lipinski definition) is 1. The zero-order valence-corrected chi connectivity index (χ0v) is 13.0. The number of benzene rings is 2. The van der Waals surface area contributed by atoms with Crippen molar-refractivity contribution in [1.29, 1.82) is 0 Å². The van der Waals surface area contributed by atoms with Crippen LogP contribution in [0.25, 0.3) is 0 Å². The molecular formula is C17H17ClN2O2. The van der Waals surface area contributed by atoms with Gasteiger partial charge in [-0.1, -0.05) is 58.7 Å². The fourth-order valence-corrected chi connectivity index (χ4v) is 1.83. The third-order valence-corrected chi connectivity index (χ3v) is 3.20. The molecule has 22 heavy (non-hydrogen) atoms. The molecule has 0 heterocycles. The predicted octanol–water partition coefficient (Wildman–Crippen LogP) is 3.32. The van der Waals surface area contributed by atoms with Gasteiger partial charge in [-0.05, 0) is 30.2 Å². The van der Waals surface area contributed by atoms with Gasteiger partial charge in [-0.2, -0.15) is 0 Å². The van der Waals surface area contributed by atoms with Crippen molar-refractivity contribution >= 4 is 23.7 Å². The second kappa shape index (κ2) is 8.20. The van der Waals surface area contributed by atoms with Gasteiger partial charge in [0.05, 0.1) is 6.21 Å². The number of nitrogens with one attached hydrogen (secondary N) is 1. The third-order valence-electron chi connectivity index (χ3n) is 2.95. The number of hydrogen-bond acceptors (Lipinski definition) is 3. The minimum absolute atomic E-state index is 0.115. The van der Waals surface area contributed by atoms with Crippen molar-refractivity contribution in [3.05, 3.63) is 70.2 Å². The fraction of sp³-hybridized carbons (Fsp3) is 0.176. The van der Waals surface area contributed by atoms with E-state index in [1.165, 1.54) is 5.56 Å². The third kappa shape index (κ3) is 5.58. The quantitative estimate of drug-likeness (QED) is 0.656. The van der Waals surface area contributed by atoms with Gasteiger partial charge in [0.25, 0.3) is 5.91 Å². The molecule has 0 saturated heterocycles. The molecule has 2 aromatic carbocycles. The smallest absolute Gasteiger partial charge is 0.261 e. The zero-order chi connectivity index (χ0) is 15.8. The molecule has 0 aliphatic carbocycles. The molecule has 0 saturated carbocycles. The summed E-state index contributed by atoms with van der Waals surface area (Å²) >= 11 is 5.79. The molecular weight excluding hydrogens is 300 g/mol. The van der Waals surface area contributed by atoms with Crippen LogP contribution in [0.5, 0.6) is 0 Å². The van der Waals surface area contributed by atoms with E-state index in [1.807, 2.05) is 43.3 Å². The summed E-state index contributed by atoms with van der Waals surface area (Å²) < 4.78 is 0. The average molecular weight is 317 g/mol. The Bertz CT molecular complexity index is 637. The Hall–Kier alpha value is -2.33. The van der Waals surface area contributed by atoms with Crippen LogP contribution < -0.4 is 5.32 Å². The summed E-state index contributed by atoms with van der Waals surface area (Å²) in [4.78, 5) is 16.6. The Kier molecular flexibility index (Phi) is 5.98. The van der Waals surface area contributed by atoms with Crippen LogP contribution in [0.4, 0.5) is 0 Å². The average Bonchev–Trinajstić information content (AvgIpc) is 2.53. The van der Waals surface area contributed by atoms with Gasteiger partial charge in [0, 0.05) is 11.6 Å². The van der Waals surface area contributed by atoms with Gasteiger partial charge >= 0.3 is 0 Å². The number of rotatable bonds is 6. The molecule has 0 spiro atoms. The van der Waals surface area contributed by atoms with Crippen LogP contribution in [-0.4, -0.2) is 18.7 Å². The first-order valence-corrected chi connectivity index (χ1v) is 7.24. The summed E-state index contributed by atoms with van der Waals surface area (Å²) in [7, 11) is 0. The lowest BCUT2D eigenvalue weighted by Crippen LogP contribution is -2.26. The van der Waals surface area contributed by atoms with Crippen molar-refractivity contribution in [2.45, 2.75) is 13.5 Å². The maximum Gasteiger partial charge on any atom is 0.261 e. The first-order chi connectivity index (χ1) is 10.6. The predicted molar refractivity (Wildman–Crippen MR) is 88.0 cm³/mol. The Balaban J connectivity index is 1.69. The van der Waals surface area contributed by atoms with Crippen molar-refractivity contribution in [3.63, 3.8) is 0 Å². The molecule has 5 heteroatoms. The fourth-order valence-electron chi connectivity index (χ4n) is 1.70. The Labute approximate surface area is 134 Å². The van der Waals surface area contributed by atoms with Gasteiger partial charge in [-0.25, -0.2) is 0 Å². The van der Waals surface area contributed by atoms with E-state index in [9.17, 15) is 4.79 Å². The van der Waals surface area contributed by atoms with E-state index in [-0.39, 0.29) is 12.5 Å². The summed E-state index contributed by atoms with van der Waals surface area (Å²) in [5, 5.41) is 7.19. The van der Waals surface area contributed by atoms with Crippen molar-refractivity contribution in [3.8, 4) is 0 Å². The number of halogens is 1. The standard InChI is InChI=1S/C17H17ClN2O2/c1-13-2-4-15(5-3-13)11-20-22-12-17(21)19-10-14-6-8-16(18)9-7-14/h2-9,11H,10,12H2,1H3,(H,19,21)/b20-11-. The molecule has 2 rings (SSSR count). The molecule has 0 fully saturated rings. The monoisotopic (exact) mass is 316 g/mol. The summed E-state index contributed by atoms with van der Waals surface area (Å²) in [6, 6.07) is 15.1. The number of oxime groups is 1. The van der Waals surface area contributed by atoms with Crippen molar-refractivity contribution in [1.82, 2.24) is 5.32 Å². The van der Waals surface area contributed by atoms with E-state index in [4.69, 9.17) is 16.4 Å². The van der Waals surface area contributed by atoms with Crippen LogP contribution in [0.2, 0.25) is 5.02 Å². The maximum atomic E-state index is 11.6. The summed E-state index contributed by atoms with van der Waals surface area (Å²) in [6.07, 6.45) is 1.58. The van der Waals surface area contributed by atoms with Crippen LogP contribution in [0.15, 0.2) is 53.7 Å². The van der Waals surface area contributed by atoms with Gasteiger partial charge in [0.2, 0.25) is 0 Å². The van der Waals surface area contributed by atoms with Crippen LogP contribution in [0.3, 0.4) is 0 Å². The Morgan fingerprint density at radius 3 is 2.55 bits per heavy atom. The van der Waals surface area contributed by atoms with E-state index in [2.05, 4.69) is 10.5 Å². The van der Waals surface area contributed by atoms with Crippen molar-refractivity contribution < 1.29 is 9.63 Å².